The molecule has 0 aliphatic carbocycles. The molecular weight excluding hydrogens is 286 g/mol. The molecule has 0 unspecified atom stereocenters. The summed E-state index contributed by atoms with van der Waals surface area (Å²) in [6.07, 6.45) is 9.39. The summed E-state index contributed by atoms with van der Waals surface area (Å²) in [4.78, 5) is 17.2. The van der Waals surface area contributed by atoms with E-state index in [4.69, 9.17) is 0 Å². The maximum absolute atomic E-state index is 4.42. The van der Waals surface area contributed by atoms with E-state index in [1.165, 1.54) is 0 Å². The van der Waals surface area contributed by atoms with Crippen molar-refractivity contribution >= 4 is 23.7 Å². The predicted octanol–water partition coefficient (Wildman–Crippen LogP) is 2.04. The van der Waals surface area contributed by atoms with Gasteiger partial charge in [0.1, 0.15) is 6.33 Å². The molecule has 2 heterocycles. The van der Waals surface area contributed by atoms with Crippen molar-refractivity contribution in [3.63, 3.8) is 0 Å². The molecule has 0 aliphatic heterocycles. The van der Waals surface area contributed by atoms with Crippen LogP contribution in [0.25, 0.3) is 5.95 Å². The molecule has 0 saturated heterocycles. The number of hydrogen-bond donors (Lipinski definition) is 2. The first-order valence-corrected chi connectivity index (χ1v) is 8.44. The van der Waals surface area contributed by atoms with E-state index in [1.807, 2.05) is 18.0 Å². The topological polar surface area (TPSA) is 80.5 Å². The smallest absolute Gasteiger partial charge is 0.241 e. The van der Waals surface area contributed by atoms with E-state index < -0.39 is 0 Å². The number of aromatic nitrogens is 5. The Morgan fingerprint density at radius 1 is 1.14 bits per heavy atom. The standard InChI is InChI=1S/C13H21N7S/c1-3-5-15-11-17-12(16-6-4-9-21-2)19-13(18-11)20-8-7-14-10-20/h7-8,10H,3-6,9H2,1-2H3,(H2,15,16,17,18,19). The molecule has 0 aliphatic rings. The second-order valence-corrected chi connectivity index (χ2v) is 5.44. The van der Waals surface area contributed by atoms with Gasteiger partial charge in [0, 0.05) is 25.5 Å². The van der Waals surface area contributed by atoms with Crippen molar-refractivity contribution in [2.45, 2.75) is 19.8 Å². The molecule has 7 nitrogen and oxygen atoms in total. The SMILES string of the molecule is CCCNc1nc(NCCCSC)nc(-n2ccnc2)n1. The molecule has 2 rings (SSSR count). The van der Waals surface area contributed by atoms with Gasteiger partial charge in [-0.15, -0.1) is 0 Å². The molecule has 0 fully saturated rings. The third-order valence-corrected chi connectivity index (χ3v) is 3.40. The van der Waals surface area contributed by atoms with Gasteiger partial charge >= 0.3 is 0 Å². The lowest BCUT2D eigenvalue weighted by Crippen LogP contribution is -2.13. The monoisotopic (exact) mass is 307 g/mol. The summed E-state index contributed by atoms with van der Waals surface area (Å²) in [5.41, 5.74) is 0. The maximum atomic E-state index is 4.42. The number of rotatable bonds is 9. The minimum Gasteiger partial charge on any atom is -0.354 e. The fourth-order valence-corrected chi connectivity index (χ4v) is 2.10. The van der Waals surface area contributed by atoms with Crippen LogP contribution in [-0.2, 0) is 0 Å². The van der Waals surface area contributed by atoms with Gasteiger partial charge in [-0.2, -0.15) is 26.7 Å². The molecule has 0 amide bonds. The highest BCUT2D eigenvalue weighted by Crippen LogP contribution is 2.09. The second kappa shape index (κ2) is 8.46. The van der Waals surface area contributed by atoms with Gasteiger partial charge in [0.25, 0.3) is 0 Å². The van der Waals surface area contributed by atoms with E-state index in [-0.39, 0.29) is 0 Å². The van der Waals surface area contributed by atoms with E-state index in [0.29, 0.717) is 17.8 Å². The molecule has 0 spiro atoms. The average Bonchev–Trinajstić information content (AvgIpc) is 3.04. The molecule has 0 saturated carbocycles. The third-order valence-electron chi connectivity index (χ3n) is 2.70. The van der Waals surface area contributed by atoms with Crippen LogP contribution in [0.3, 0.4) is 0 Å². The van der Waals surface area contributed by atoms with Crippen LogP contribution in [0.15, 0.2) is 18.7 Å². The number of hydrogen-bond acceptors (Lipinski definition) is 7. The van der Waals surface area contributed by atoms with Crippen LogP contribution in [0.4, 0.5) is 11.9 Å². The first kappa shape index (κ1) is 15.6. The Morgan fingerprint density at radius 3 is 2.52 bits per heavy atom. The van der Waals surface area contributed by atoms with Crippen LogP contribution in [-0.4, -0.2) is 49.6 Å². The lowest BCUT2D eigenvalue weighted by Gasteiger charge is -2.09. The molecule has 2 aromatic rings. The Balaban J connectivity index is 2.12. The van der Waals surface area contributed by atoms with Crippen molar-refractivity contribution in [1.82, 2.24) is 24.5 Å². The minimum absolute atomic E-state index is 0.563. The van der Waals surface area contributed by atoms with Crippen LogP contribution < -0.4 is 10.6 Å². The van der Waals surface area contributed by atoms with Crippen LogP contribution in [0, 0.1) is 0 Å². The van der Waals surface area contributed by atoms with Crippen LogP contribution in [0.1, 0.15) is 19.8 Å². The second-order valence-electron chi connectivity index (χ2n) is 4.45. The van der Waals surface area contributed by atoms with Crippen LogP contribution >= 0.6 is 11.8 Å². The summed E-state index contributed by atoms with van der Waals surface area (Å²) in [6.45, 7) is 3.78. The van der Waals surface area contributed by atoms with Crippen molar-refractivity contribution in [3.05, 3.63) is 18.7 Å². The van der Waals surface area contributed by atoms with Gasteiger partial charge in [-0.25, -0.2) is 4.98 Å². The summed E-state index contributed by atoms with van der Waals surface area (Å²) in [6, 6.07) is 0. The lowest BCUT2D eigenvalue weighted by molar-refractivity contribution is 0.868. The quantitative estimate of drug-likeness (QED) is 0.686. The molecule has 2 N–H and O–H groups in total. The van der Waals surface area contributed by atoms with E-state index >= 15 is 0 Å². The van der Waals surface area contributed by atoms with Gasteiger partial charge in [-0.3, -0.25) is 4.57 Å². The largest absolute Gasteiger partial charge is 0.354 e. The van der Waals surface area contributed by atoms with Gasteiger partial charge < -0.3 is 10.6 Å². The Morgan fingerprint density at radius 2 is 1.90 bits per heavy atom. The van der Waals surface area contributed by atoms with Crippen molar-refractivity contribution in [2.24, 2.45) is 0 Å². The molecule has 8 heteroatoms. The van der Waals surface area contributed by atoms with E-state index in [1.54, 1.807) is 17.1 Å². The van der Waals surface area contributed by atoms with Gasteiger partial charge in [0.05, 0.1) is 0 Å². The molecule has 0 aromatic carbocycles. The number of thioether (sulfide) groups is 1. The van der Waals surface area contributed by atoms with Crippen molar-refractivity contribution in [3.8, 4) is 5.95 Å². The molecule has 0 radical (unpaired) electrons. The zero-order valence-electron chi connectivity index (χ0n) is 12.4. The molecule has 2 aromatic heterocycles. The summed E-state index contributed by atoms with van der Waals surface area (Å²) >= 11 is 1.83. The Bertz CT molecular complexity index is 529. The molecular formula is C13H21N7S. The first-order valence-electron chi connectivity index (χ1n) is 7.04. The molecule has 0 bridgehead atoms. The highest BCUT2D eigenvalue weighted by molar-refractivity contribution is 7.98. The van der Waals surface area contributed by atoms with Crippen molar-refractivity contribution < 1.29 is 0 Å². The fourth-order valence-electron chi connectivity index (χ4n) is 1.67. The Labute approximate surface area is 129 Å². The fraction of sp³-hybridized carbons (Fsp3) is 0.538. The summed E-state index contributed by atoms with van der Waals surface area (Å²) in [7, 11) is 0. The zero-order chi connectivity index (χ0) is 14.9. The molecule has 114 valence electrons. The van der Waals surface area contributed by atoms with Crippen molar-refractivity contribution in [2.75, 3.05) is 35.7 Å². The van der Waals surface area contributed by atoms with E-state index in [9.17, 15) is 0 Å². The summed E-state index contributed by atoms with van der Waals surface area (Å²) in [5, 5.41) is 6.45. The third kappa shape index (κ3) is 4.89. The Kier molecular flexibility index (Phi) is 6.26. The molecule has 21 heavy (non-hydrogen) atoms. The van der Waals surface area contributed by atoms with E-state index in [2.05, 4.69) is 43.7 Å². The maximum Gasteiger partial charge on any atom is 0.241 e. The zero-order valence-corrected chi connectivity index (χ0v) is 13.2. The Hall–Kier alpha value is -1.83. The van der Waals surface area contributed by atoms with Crippen LogP contribution in [0.5, 0.6) is 0 Å². The normalized spacial score (nSPS) is 10.6. The highest BCUT2D eigenvalue weighted by Gasteiger charge is 2.07. The summed E-state index contributed by atoms with van der Waals surface area (Å²) in [5.74, 6) is 2.86. The number of nitrogens with one attached hydrogen (secondary N) is 2. The minimum atomic E-state index is 0.563. The van der Waals surface area contributed by atoms with Crippen molar-refractivity contribution in [1.29, 1.82) is 0 Å². The molecule has 0 atom stereocenters. The highest BCUT2D eigenvalue weighted by atomic mass is 32.2. The van der Waals surface area contributed by atoms with E-state index in [0.717, 1.165) is 31.7 Å². The van der Waals surface area contributed by atoms with Gasteiger partial charge in [-0.1, -0.05) is 6.92 Å². The lowest BCUT2D eigenvalue weighted by atomic mass is 10.5. The van der Waals surface area contributed by atoms with Gasteiger partial charge in [-0.05, 0) is 24.9 Å². The average molecular weight is 307 g/mol. The van der Waals surface area contributed by atoms with Gasteiger partial charge in [0.2, 0.25) is 17.8 Å². The number of anilines is 2. The number of nitrogens with zero attached hydrogens (tertiary/aromatic N) is 5. The first-order chi connectivity index (χ1) is 10.3. The number of imidazole rings is 1. The van der Waals surface area contributed by atoms with Gasteiger partial charge in [0.15, 0.2) is 0 Å². The predicted molar refractivity (Wildman–Crippen MR) is 87.2 cm³/mol. The van der Waals surface area contributed by atoms with Crippen LogP contribution in [0.2, 0.25) is 0 Å². The summed E-state index contributed by atoms with van der Waals surface area (Å²) < 4.78 is 1.77.